The Bertz CT molecular complexity index is 1760. The first-order chi connectivity index (χ1) is 18.9. The number of fused-ring (bicyclic) bond motifs is 1. The summed E-state index contributed by atoms with van der Waals surface area (Å²) in [5.74, 6) is 0.245. The molecular formula is C30H24ClIN2O4S. The van der Waals surface area contributed by atoms with Crippen molar-refractivity contribution in [3.8, 4) is 5.75 Å². The predicted molar refractivity (Wildman–Crippen MR) is 162 cm³/mol. The molecular weight excluding hydrogens is 647 g/mol. The molecule has 2 heterocycles. The largest absolute Gasteiger partial charge is 0.488 e. The summed E-state index contributed by atoms with van der Waals surface area (Å²) in [4.78, 5) is 31.9. The number of carbonyl (C=O) groups excluding carboxylic acids is 1. The van der Waals surface area contributed by atoms with E-state index in [9.17, 15) is 9.59 Å². The van der Waals surface area contributed by atoms with E-state index in [1.807, 2.05) is 85.8 Å². The smallest absolute Gasteiger partial charge is 0.338 e. The van der Waals surface area contributed by atoms with Crippen LogP contribution >= 0.6 is 45.5 Å². The van der Waals surface area contributed by atoms with E-state index in [1.54, 1.807) is 4.57 Å². The second kappa shape index (κ2) is 11.9. The SMILES string of the molecule is CCC1=C(C(=O)OC)[C@H](c2ccccc2)n2c(s/c(=C\c3ccc(OCc4ccccc4Cl)c(I)c3)c2=O)=N1. The van der Waals surface area contributed by atoms with E-state index >= 15 is 0 Å². The van der Waals surface area contributed by atoms with Gasteiger partial charge in [-0.2, -0.15) is 0 Å². The Morgan fingerprint density at radius 1 is 1.13 bits per heavy atom. The lowest BCUT2D eigenvalue weighted by Crippen LogP contribution is -2.40. The summed E-state index contributed by atoms with van der Waals surface area (Å²) in [6, 6.07) is 22.2. The minimum atomic E-state index is -0.618. The van der Waals surface area contributed by atoms with Crippen LogP contribution in [0.2, 0.25) is 5.02 Å². The minimum Gasteiger partial charge on any atom is -0.488 e. The number of esters is 1. The van der Waals surface area contributed by atoms with Gasteiger partial charge in [-0.05, 0) is 64.4 Å². The van der Waals surface area contributed by atoms with Crippen molar-refractivity contribution < 1.29 is 14.3 Å². The van der Waals surface area contributed by atoms with Crippen LogP contribution in [0.5, 0.6) is 5.75 Å². The fourth-order valence-corrected chi connectivity index (χ4v) is 6.37. The standard InChI is InChI=1S/C30H24ClIN2O4S/c1-3-23-26(29(36)37-2)27(19-9-5-4-6-10-19)34-28(35)25(39-30(34)33-23)16-18-13-14-24(22(32)15-18)38-17-20-11-7-8-12-21(20)31/h4-16,27H,3,17H2,1-2H3/b25-16-/t27-/m0/s1. The number of thiazole rings is 1. The molecule has 0 fully saturated rings. The van der Waals surface area contributed by atoms with E-state index in [4.69, 9.17) is 26.1 Å². The van der Waals surface area contributed by atoms with Crippen molar-refractivity contribution in [2.75, 3.05) is 7.11 Å². The Kier molecular flexibility index (Phi) is 8.34. The van der Waals surface area contributed by atoms with E-state index < -0.39 is 12.0 Å². The maximum Gasteiger partial charge on any atom is 0.338 e. The number of ether oxygens (including phenoxy) is 2. The predicted octanol–water partition coefficient (Wildman–Crippen LogP) is 5.64. The summed E-state index contributed by atoms with van der Waals surface area (Å²) in [6.45, 7) is 2.30. The minimum absolute atomic E-state index is 0.210. The molecule has 1 aliphatic heterocycles. The van der Waals surface area contributed by atoms with Gasteiger partial charge in [-0.3, -0.25) is 9.36 Å². The van der Waals surface area contributed by atoms with Gasteiger partial charge >= 0.3 is 5.97 Å². The lowest BCUT2D eigenvalue weighted by Gasteiger charge is -2.25. The first-order valence-corrected chi connectivity index (χ1v) is 14.5. The van der Waals surface area contributed by atoms with Crippen molar-refractivity contribution >= 4 is 57.6 Å². The van der Waals surface area contributed by atoms with Gasteiger partial charge in [0.15, 0.2) is 4.80 Å². The number of halogens is 2. The number of hydrogen-bond donors (Lipinski definition) is 0. The maximum atomic E-state index is 13.8. The highest BCUT2D eigenvalue weighted by Gasteiger charge is 2.33. The van der Waals surface area contributed by atoms with Gasteiger partial charge in [0, 0.05) is 10.6 Å². The highest BCUT2D eigenvalue weighted by atomic mass is 127. The Morgan fingerprint density at radius 2 is 1.87 bits per heavy atom. The quantitative estimate of drug-likeness (QED) is 0.189. The lowest BCUT2D eigenvalue weighted by atomic mass is 9.95. The van der Waals surface area contributed by atoms with Crippen LogP contribution in [0, 0.1) is 3.57 Å². The topological polar surface area (TPSA) is 69.9 Å². The molecule has 0 N–H and O–H groups in total. The van der Waals surface area contributed by atoms with Crippen LogP contribution in [0.25, 0.3) is 6.08 Å². The van der Waals surface area contributed by atoms with Gasteiger partial charge in [0.25, 0.3) is 5.56 Å². The average molecular weight is 671 g/mol. The Balaban J connectivity index is 1.54. The molecule has 0 unspecified atom stereocenters. The third-order valence-corrected chi connectivity index (χ3v) is 8.55. The van der Waals surface area contributed by atoms with Crippen LogP contribution in [0.4, 0.5) is 0 Å². The van der Waals surface area contributed by atoms with Gasteiger partial charge in [-0.15, -0.1) is 0 Å². The molecule has 5 rings (SSSR count). The number of methoxy groups -OCH3 is 1. The number of allylic oxidation sites excluding steroid dienone is 1. The van der Waals surface area contributed by atoms with Gasteiger partial charge in [0.1, 0.15) is 12.4 Å². The van der Waals surface area contributed by atoms with E-state index in [-0.39, 0.29) is 5.56 Å². The van der Waals surface area contributed by atoms with Gasteiger partial charge in [0.05, 0.1) is 32.5 Å². The van der Waals surface area contributed by atoms with Crippen LogP contribution in [0.3, 0.4) is 0 Å². The number of rotatable bonds is 7. The fraction of sp³-hybridized carbons (Fsp3) is 0.167. The Labute approximate surface area is 248 Å². The van der Waals surface area contributed by atoms with Crippen molar-refractivity contribution in [1.82, 2.24) is 4.57 Å². The van der Waals surface area contributed by atoms with Crippen LogP contribution in [0.15, 0.2) is 93.9 Å². The number of nitrogens with zero attached hydrogens (tertiary/aromatic N) is 2. The van der Waals surface area contributed by atoms with Gasteiger partial charge in [-0.25, -0.2) is 9.79 Å². The second-order valence-electron chi connectivity index (χ2n) is 8.77. The highest BCUT2D eigenvalue weighted by Crippen LogP contribution is 2.31. The Morgan fingerprint density at radius 3 is 2.56 bits per heavy atom. The number of carbonyl (C=O) groups is 1. The zero-order valence-corrected chi connectivity index (χ0v) is 24.9. The zero-order valence-electron chi connectivity index (χ0n) is 21.2. The molecule has 39 heavy (non-hydrogen) atoms. The Hall–Kier alpha value is -3.21. The molecule has 0 aliphatic carbocycles. The summed E-state index contributed by atoms with van der Waals surface area (Å²) in [5, 5.41) is 0.662. The molecule has 0 radical (unpaired) electrons. The van der Waals surface area contributed by atoms with Crippen LogP contribution < -0.4 is 19.6 Å². The van der Waals surface area contributed by atoms with Gasteiger partial charge < -0.3 is 9.47 Å². The fourth-order valence-electron chi connectivity index (χ4n) is 4.46. The number of aromatic nitrogens is 1. The molecule has 0 amide bonds. The zero-order chi connectivity index (χ0) is 27.5. The van der Waals surface area contributed by atoms with Gasteiger partial charge in [-0.1, -0.05) is 84.5 Å². The van der Waals surface area contributed by atoms with E-state index in [1.165, 1.54) is 18.4 Å². The highest BCUT2D eigenvalue weighted by molar-refractivity contribution is 14.1. The summed E-state index contributed by atoms with van der Waals surface area (Å²) in [7, 11) is 1.35. The van der Waals surface area contributed by atoms with Crippen molar-refractivity contribution in [2.24, 2.45) is 4.99 Å². The monoisotopic (exact) mass is 670 g/mol. The summed E-state index contributed by atoms with van der Waals surface area (Å²) in [6.07, 6.45) is 2.38. The molecule has 3 aromatic carbocycles. The molecule has 0 saturated heterocycles. The molecule has 4 aromatic rings. The molecule has 0 bridgehead atoms. The molecule has 1 aromatic heterocycles. The first kappa shape index (κ1) is 27.4. The molecule has 1 atom stereocenters. The molecule has 6 nitrogen and oxygen atoms in total. The van der Waals surface area contributed by atoms with Crippen molar-refractivity contribution in [1.29, 1.82) is 0 Å². The van der Waals surface area contributed by atoms with Crippen molar-refractivity contribution in [2.45, 2.75) is 26.0 Å². The first-order valence-electron chi connectivity index (χ1n) is 12.2. The van der Waals surface area contributed by atoms with Crippen molar-refractivity contribution in [3.05, 3.63) is 129 Å². The summed E-state index contributed by atoms with van der Waals surface area (Å²) < 4.78 is 14.1. The molecule has 9 heteroatoms. The van der Waals surface area contributed by atoms with E-state index in [2.05, 4.69) is 22.6 Å². The summed E-state index contributed by atoms with van der Waals surface area (Å²) >= 11 is 9.78. The lowest BCUT2D eigenvalue weighted by molar-refractivity contribution is -0.136. The third kappa shape index (κ3) is 5.59. The van der Waals surface area contributed by atoms with Crippen LogP contribution in [0.1, 0.15) is 36.1 Å². The number of benzene rings is 3. The number of hydrogen-bond acceptors (Lipinski definition) is 6. The normalized spacial score (nSPS) is 15.1. The summed E-state index contributed by atoms with van der Waals surface area (Å²) in [5.41, 5.74) is 3.39. The van der Waals surface area contributed by atoms with E-state index in [0.29, 0.717) is 38.7 Å². The average Bonchev–Trinajstić information content (AvgIpc) is 3.26. The molecule has 198 valence electrons. The maximum absolute atomic E-state index is 13.8. The molecule has 0 spiro atoms. The van der Waals surface area contributed by atoms with Gasteiger partial charge in [0.2, 0.25) is 0 Å². The van der Waals surface area contributed by atoms with E-state index in [0.717, 1.165) is 26.0 Å². The van der Waals surface area contributed by atoms with Crippen LogP contribution in [-0.2, 0) is 16.1 Å². The van der Waals surface area contributed by atoms with Crippen LogP contribution in [-0.4, -0.2) is 17.6 Å². The molecule has 1 aliphatic rings. The second-order valence-corrected chi connectivity index (χ2v) is 11.3. The third-order valence-electron chi connectivity index (χ3n) is 6.36. The molecule has 0 saturated carbocycles. The van der Waals surface area contributed by atoms with Crippen molar-refractivity contribution in [3.63, 3.8) is 0 Å².